The molecule has 1 aromatic heterocycles. The zero-order valence-electron chi connectivity index (χ0n) is 13.3. The summed E-state index contributed by atoms with van der Waals surface area (Å²) in [6, 6.07) is 1.43. The molecule has 0 aromatic carbocycles. The highest BCUT2D eigenvalue weighted by Gasteiger charge is 2.25. The van der Waals surface area contributed by atoms with Crippen LogP contribution in [0, 0.1) is 5.92 Å². The molecule has 22 heavy (non-hydrogen) atoms. The molecule has 0 saturated heterocycles. The van der Waals surface area contributed by atoms with Crippen molar-refractivity contribution in [2.45, 2.75) is 38.6 Å². The first-order chi connectivity index (χ1) is 10.5. The third-order valence-electron chi connectivity index (χ3n) is 3.95. The molecule has 0 fully saturated rings. The molecule has 1 amide bonds. The van der Waals surface area contributed by atoms with Gasteiger partial charge >= 0.3 is 5.97 Å². The van der Waals surface area contributed by atoms with E-state index in [1.165, 1.54) is 24.0 Å². The molecule has 0 saturated carbocycles. The van der Waals surface area contributed by atoms with Crippen LogP contribution in [0.5, 0.6) is 0 Å². The molecule has 2 atom stereocenters. The Kier molecular flexibility index (Phi) is 6.32. The molecular weight excluding hydrogens is 318 g/mol. The summed E-state index contributed by atoms with van der Waals surface area (Å²) in [5.74, 6) is 0.946. The van der Waals surface area contributed by atoms with Crippen LogP contribution in [-0.2, 0) is 22.4 Å². The van der Waals surface area contributed by atoms with Crippen molar-refractivity contribution in [1.29, 1.82) is 0 Å². The summed E-state index contributed by atoms with van der Waals surface area (Å²) in [4.78, 5) is 26.2. The number of thioether (sulfide) groups is 1. The fourth-order valence-electron chi connectivity index (χ4n) is 2.67. The van der Waals surface area contributed by atoms with Gasteiger partial charge < -0.3 is 10.1 Å². The molecule has 0 spiro atoms. The number of fused-ring (bicyclic) bond motifs is 1. The first kappa shape index (κ1) is 17.3. The number of rotatable bonds is 6. The Bertz CT molecular complexity index is 541. The molecule has 0 unspecified atom stereocenters. The van der Waals surface area contributed by atoms with E-state index < -0.39 is 6.04 Å². The van der Waals surface area contributed by atoms with Gasteiger partial charge in [0.1, 0.15) is 6.04 Å². The van der Waals surface area contributed by atoms with Gasteiger partial charge in [0.15, 0.2) is 0 Å². The van der Waals surface area contributed by atoms with Gasteiger partial charge in [0.25, 0.3) is 5.91 Å². The maximum atomic E-state index is 12.4. The van der Waals surface area contributed by atoms with Crippen LogP contribution in [0.3, 0.4) is 0 Å². The molecule has 122 valence electrons. The lowest BCUT2D eigenvalue weighted by Crippen LogP contribution is -2.41. The number of hydrogen-bond acceptors (Lipinski definition) is 5. The maximum absolute atomic E-state index is 12.4. The minimum atomic E-state index is -0.567. The monoisotopic (exact) mass is 341 g/mol. The van der Waals surface area contributed by atoms with E-state index >= 15 is 0 Å². The second kappa shape index (κ2) is 8.02. The topological polar surface area (TPSA) is 55.4 Å². The minimum absolute atomic E-state index is 0.163. The van der Waals surface area contributed by atoms with E-state index in [1.54, 1.807) is 23.1 Å². The Morgan fingerprint density at radius 3 is 3.00 bits per heavy atom. The van der Waals surface area contributed by atoms with E-state index in [2.05, 4.69) is 12.2 Å². The number of ether oxygens (including phenoxy) is 1. The van der Waals surface area contributed by atoms with Crippen molar-refractivity contribution >= 4 is 35.0 Å². The number of nitrogens with one attached hydrogen (secondary N) is 1. The van der Waals surface area contributed by atoms with E-state index in [0.29, 0.717) is 17.2 Å². The van der Waals surface area contributed by atoms with Crippen LogP contribution in [0.25, 0.3) is 0 Å². The minimum Gasteiger partial charge on any atom is -0.467 e. The van der Waals surface area contributed by atoms with Gasteiger partial charge in [0, 0.05) is 4.88 Å². The first-order valence-electron chi connectivity index (χ1n) is 7.54. The summed E-state index contributed by atoms with van der Waals surface area (Å²) in [5, 5.41) is 2.82. The van der Waals surface area contributed by atoms with Crippen molar-refractivity contribution in [2.75, 3.05) is 19.1 Å². The highest BCUT2D eigenvalue weighted by molar-refractivity contribution is 7.98. The third-order valence-corrected chi connectivity index (χ3v) is 5.83. The zero-order chi connectivity index (χ0) is 16.1. The van der Waals surface area contributed by atoms with Crippen molar-refractivity contribution in [1.82, 2.24) is 5.32 Å². The summed E-state index contributed by atoms with van der Waals surface area (Å²) in [5.41, 5.74) is 1.30. The fraction of sp³-hybridized carbons (Fsp3) is 0.625. The summed E-state index contributed by atoms with van der Waals surface area (Å²) in [6.07, 6.45) is 5.85. The number of carbonyl (C=O) groups excluding carboxylic acids is 2. The highest BCUT2D eigenvalue weighted by atomic mass is 32.2. The van der Waals surface area contributed by atoms with Crippen LogP contribution in [0.1, 0.15) is 39.9 Å². The van der Waals surface area contributed by atoms with E-state index in [-0.39, 0.29) is 11.9 Å². The Morgan fingerprint density at radius 2 is 2.32 bits per heavy atom. The lowest BCUT2D eigenvalue weighted by Gasteiger charge is -2.16. The van der Waals surface area contributed by atoms with Crippen LogP contribution >= 0.6 is 23.1 Å². The second-order valence-electron chi connectivity index (χ2n) is 5.74. The number of thiophene rings is 1. The number of aryl methyl sites for hydroxylation is 1. The van der Waals surface area contributed by atoms with E-state index in [1.807, 2.05) is 12.3 Å². The largest absolute Gasteiger partial charge is 0.467 e. The Morgan fingerprint density at radius 1 is 1.55 bits per heavy atom. The normalized spacial score (nSPS) is 18.4. The van der Waals surface area contributed by atoms with Gasteiger partial charge in [0.05, 0.1) is 12.0 Å². The van der Waals surface area contributed by atoms with E-state index in [9.17, 15) is 9.59 Å². The fourth-order valence-corrected chi connectivity index (χ4v) is 4.26. The average molecular weight is 341 g/mol. The van der Waals surface area contributed by atoms with Crippen molar-refractivity contribution in [3.8, 4) is 0 Å². The molecule has 0 bridgehead atoms. The van der Waals surface area contributed by atoms with Crippen molar-refractivity contribution in [3.63, 3.8) is 0 Å². The zero-order valence-corrected chi connectivity index (χ0v) is 14.9. The molecule has 1 aromatic rings. The molecule has 2 rings (SSSR count). The summed E-state index contributed by atoms with van der Waals surface area (Å²) >= 11 is 3.21. The summed E-state index contributed by atoms with van der Waals surface area (Å²) in [6.45, 7) is 2.25. The highest BCUT2D eigenvalue weighted by Crippen LogP contribution is 2.32. The number of methoxy groups -OCH3 is 1. The van der Waals surface area contributed by atoms with Gasteiger partial charge in [-0.1, -0.05) is 6.92 Å². The molecule has 0 aliphatic heterocycles. The van der Waals surface area contributed by atoms with Crippen LogP contribution in [0.4, 0.5) is 0 Å². The number of amides is 1. The smallest absolute Gasteiger partial charge is 0.328 e. The number of carbonyl (C=O) groups is 2. The molecule has 6 heteroatoms. The molecule has 1 aliphatic carbocycles. The molecule has 4 nitrogen and oxygen atoms in total. The lowest BCUT2D eigenvalue weighted by atomic mass is 9.90. The van der Waals surface area contributed by atoms with E-state index in [4.69, 9.17) is 4.74 Å². The molecule has 1 aliphatic rings. The van der Waals surface area contributed by atoms with Gasteiger partial charge in [0.2, 0.25) is 0 Å². The second-order valence-corrected chi connectivity index (χ2v) is 7.86. The predicted molar refractivity (Wildman–Crippen MR) is 91.8 cm³/mol. The summed E-state index contributed by atoms with van der Waals surface area (Å²) < 4.78 is 4.78. The van der Waals surface area contributed by atoms with Gasteiger partial charge in [-0.05, 0) is 55.2 Å². The average Bonchev–Trinajstić information content (AvgIpc) is 2.93. The number of esters is 1. The van der Waals surface area contributed by atoms with Crippen molar-refractivity contribution in [2.24, 2.45) is 5.92 Å². The number of hydrogen-bond donors (Lipinski definition) is 1. The maximum Gasteiger partial charge on any atom is 0.328 e. The first-order valence-corrected chi connectivity index (χ1v) is 9.75. The molecular formula is C16H23NO3S2. The Balaban J connectivity index is 2.05. The van der Waals surface area contributed by atoms with Crippen LogP contribution in [-0.4, -0.2) is 37.0 Å². The molecule has 1 N–H and O–H groups in total. The van der Waals surface area contributed by atoms with Crippen molar-refractivity contribution in [3.05, 3.63) is 21.4 Å². The van der Waals surface area contributed by atoms with Crippen molar-refractivity contribution < 1.29 is 14.3 Å². The Labute approximate surface area is 140 Å². The van der Waals surface area contributed by atoms with Crippen LogP contribution in [0.2, 0.25) is 0 Å². The van der Waals surface area contributed by atoms with Crippen LogP contribution < -0.4 is 5.32 Å². The van der Waals surface area contributed by atoms with Gasteiger partial charge in [-0.15, -0.1) is 11.3 Å². The van der Waals surface area contributed by atoms with Crippen LogP contribution in [0.15, 0.2) is 6.07 Å². The predicted octanol–water partition coefficient (Wildman–Crippen LogP) is 2.90. The lowest BCUT2D eigenvalue weighted by molar-refractivity contribution is -0.142. The Hall–Kier alpha value is -1.01. The SMILES string of the molecule is COC(=O)[C@H](CCSC)NC(=O)c1cc2c(s1)CC[C@@H](C)C2. The quantitative estimate of drug-likeness (QED) is 0.809. The standard InChI is InChI=1S/C16H23NO3S2/c1-10-4-5-13-11(8-10)9-14(22-13)15(18)17-12(6-7-21-3)16(19)20-2/h9-10,12H,4-8H2,1-3H3,(H,17,18)/t10-,12+/m1/s1. The van der Waals surface area contributed by atoms with Gasteiger partial charge in [-0.25, -0.2) is 4.79 Å². The molecule has 0 radical (unpaired) electrons. The third kappa shape index (κ3) is 4.26. The molecule has 1 heterocycles. The van der Waals surface area contributed by atoms with Gasteiger partial charge in [-0.2, -0.15) is 11.8 Å². The van der Waals surface area contributed by atoms with E-state index in [0.717, 1.165) is 18.6 Å². The summed E-state index contributed by atoms with van der Waals surface area (Å²) in [7, 11) is 1.35. The van der Waals surface area contributed by atoms with Gasteiger partial charge in [-0.3, -0.25) is 4.79 Å².